The summed E-state index contributed by atoms with van der Waals surface area (Å²) in [6.45, 7) is 0.674. The lowest BCUT2D eigenvalue weighted by molar-refractivity contribution is 0.896. The molecule has 0 bridgehead atoms. The zero-order valence-corrected chi connectivity index (χ0v) is 12.1. The molecule has 0 saturated heterocycles. The lowest BCUT2D eigenvalue weighted by atomic mass is 10.3. The monoisotopic (exact) mass is 333 g/mol. The van der Waals surface area contributed by atoms with Crippen molar-refractivity contribution in [2.75, 3.05) is 11.9 Å². The van der Waals surface area contributed by atoms with Gasteiger partial charge in [0.1, 0.15) is 5.02 Å². The molecule has 0 saturated carbocycles. The molecule has 7 heteroatoms. The number of H-pyrrole nitrogens is 1. The van der Waals surface area contributed by atoms with Gasteiger partial charge in [0.2, 0.25) is 0 Å². The van der Waals surface area contributed by atoms with Crippen molar-refractivity contribution in [2.45, 2.75) is 6.54 Å². The summed E-state index contributed by atoms with van der Waals surface area (Å²) in [6.07, 6.45) is 1.55. The van der Waals surface area contributed by atoms with E-state index in [2.05, 4.69) is 31.5 Å². The number of aromatic amines is 1. The van der Waals surface area contributed by atoms with E-state index in [0.29, 0.717) is 12.2 Å². The Balaban J connectivity index is 2.23. The molecule has 1 N–H and O–H groups in total. The molecule has 0 aromatic carbocycles. The van der Waals surface area contributed by atoms with Gasteiger partial charge in [-0.2, -0.15) is 5.10 Å². The van der Waals surface area contributed by atoms with Crippen LogP contribution in [0.2, 0.25) is 5.02 Å². The first-order valence-electron chi connectivity index (χ1n) is 4.75. The van der Waals surface area contributed by atoms with Crippen LogP contribution < -0.4 is 10.5 Å². The average Bonchev–Trinajstić information content (AvgIpc) is 2.68. The van der Waals surface area contributed by atoms with Gasteiger partial charge in [-0.15, -0.1) is 11.3 Å². The summed E-state index contributed by atoms with van der Waals surface area (Å²) in [5.74, 6) is 0. The first kappa shape index (κ1) is 12.6. The van der Waals surface area contributed by atoms with Gasteiger partial charge < -0.3 is 4.90 Å². The van der Waals surface area contributed by atoms with E-state index in [9.17, 15) is 4.79 Å². The maximum atomic E-state index is 11.3. The Morgan fingerprint density at radius 2 is 2.41 bits per heavy atom. The van der Waals surface area contributed by atoms with Crippen LogP contribution >= 0.6 is 38.9 Å². The zero-order chi connectivity index (χ0) is 12.4. The molecule has 0 aliphatic rings. The Labute approximate surface area is 115 Å². The lowest BCUT2D eigenvalue weighted by Gasteiger charge is -2.18. The topological polar surface area (TPSA) is 49.0 Å². The molecule has 0 aliphatic carbocycles. The van der Waals surface area contributed by atoms with E-state index >= 15 is 0 Å². The van der Waals surface area contributed by atoms with Crippen molar-refractivity contribution in [1.29, 1.82) is 0 Å². The second kappa shape index (κ2) is 5.20. The van der Waals surface area contributed by atoms with Crippen LogP contribution in [0.3, 0.4) is 0 Å². The second-order valence-electron chi connectivity index (χ2n) is 3.51. The first-order chi connectivity index (χ1) is 8.08. The smallest absolute Gasteiger partial charge is 0.285 e. The Morgan fingerprint density at radius 3 is 3.06 bits per heavy atom. The van der Waals surface area contributed by atoms with E-state index in [1.54, 1.807) is 17.5 Å². The summed E-state index contributed by atoms with van der Waals surface area (Å²) < 4.78 is 1.08. The van der Waals surface area contributed by atoms with E-state index < -0.39 is 0 Å². The van der Waals surface area contributed by atoms with E-state index in [4.69, 9.17) is 11.6 Å². The Hall–Kier alpha value is -0.850. The molecule has 0 unspecified atom stereocenters. The Kier molecular flexibility index (Phi) is 3.86. The number of aromatic nitrogens is 2. The van der Waals surface area contributed by atoms with Gasteiger partial charge in [0, 0.05) is 13.6 Å². The minimum Gasteiger partial charge on any atom is -0.368 e. The molecule has 0 amide bonds. The highest BCUT2D eigenvalue weighted by molar-refractivity contribution is 9.11. The number of thiophene rings is 1. The van der Waals surface area contributed by atoms with Crippen LogP contribution in [0.25, 0.3) is 0 Å². The van der Waals surface area contributed by atoms with Gasteiger partial charge in [-0.3, -0.25) is 4.79 Å². The molecule has 2 heterocycles. The number of hydrogen-bond acceptors (Lipinski definition) is 4. The molecule has 4 nitrogen and oxygen atoms in total. The average molecular weight is 335 g/mol. The fourth-order valence-corrected chi connectivity index (χ4v) is 2.86. The van der Waals surface area contributed by atoms with Crippen LogP contribution in [-0.2, 0) is 6.54 Å². The van der Waals surface area contributed by atoms with Crippen LogP contribution in [0, 0.1) is 0 Å². The number of anilines is 1. The summed E-state index contributed by atoms with van der Waals surface area (Å²) in [5.41, 5.74) is 1.40. The molecule has 2 aromatic rings. The van der Waals surface area contributed by atoms with Crippen molar-refractivity contribution >= 4 is 44.6 Å². The maximum Gasteiger partial charge on any atom is 0.285 e. The molecule has 0 radical (unpaired) electrons. The molecule has 0 atom stereocenters. The van der Waals surface area contributed by atoms with Gasteiger partial charge in [-0.25, -0.2) is 5.10 Å². The zero-order valence-electron chi connectivity index (χ0n) is 8.91. The van der Waals surface area contributed by atoms with Crippen LogP contribution in [0.5, 0.6) is 0 Å². The predicted molar refractivity (Wildman–Crippen MR) is 74.0 cm³/mol. The molecule has 0 spiro atoms. The number of nitrogens with zero attached hydrogens (tertiary/aromatic N) is 2. The predicted octanol–water partition coefficient (Wildman–Crippen LogP) is 2.88. The highest BCUT2D eigenvalue weighted by atomic mass is 79.9. The van der Waals surface area contributed by atoms with Crippen molar-refractivity contribution < 1.29 is 0 Å². The minimum absolute atomic E-state index is 0.164. The summed E-state index contributed by atoms with van der Waals surface area (Å²) in [6, 6.07) is 2.04. The largest absolute Gasteiger partial charge is 0.368 e. The Bertz CT molecular complexity index is 583. The van der Waals surface area contributed by atoms with E-state index in [0.717, 1.165) is 9.35 Å². The Morgan fingerprint density at radius 1 is 1.65 bits per heavy atom. The quantitative estimate of drug-likeness (QED) is 0.939. The minimum atomic E-state index is -0.373. The van der Waals surface area contributed by atoms with Crippen LogP contribution in [0.4, 0.5) is 5.69 Å². The van der Waals surface area contributed by atoms with E-state index in [-0.39, 0.29) is 10.6 Å². The van der Waals surface area contributed by atoms with Crippen LogP contribution in [-0.4, -0.2) is 17.2 Å². The molecule has 17 heavy (non-hydrogen) atoms. The molecular weight excluding hydrogens is 326 g/mol. The molecule has 2 aromatic heterocycles. The normalized spacial score (nSPS) is 10.5. The van der Waals surface area contributed by atoms with Crippen molar-refractivity contribution in [3.8, 4) is 0 Å². The first-order valence-corrected chi connectivity index (χ1v) is 6.80. The summed E-state index contributed by atoms with van der Waals surface area (Å²) in [4.78, 5) is 13.2. The van der Waals surface area contributed by atoms with Crippen LogP contribution in [0.1, 0.15) is 5.56 Å². The lowest BCUT2D eigenvalue weighted by Crippen LogP contribution is -2.20. The van der Waals surface area contributed by atoms with Crippen LogP contribution in [0.15, 0.2) is 26.2 Å². The summed E-state index contributed by atoms with van der Waals surface area (Å²) in [5, 5.41) is 8.25. The summed E-state index contributed by atoms with van der Waals surface area (Å²) in [7, 11) is 1.87. The summed E-state index contributed by atoms with van der Waals surface area (Å²) >= 11 is 11.0. The van der Waals surface area contributed by atoms with Crippen molar-refractivity contribution in [1.82, 2.24) is 10.2 Å². The third-order valence-electron chi connectivity index (χ3n) is 2.23. The highest BCUT2D eigenvalue weighted by Gasteiger charge is 2.10. The van der Waals surface area contributed by atoms with Gasteiger partial charge in [0.15, 0.2) is 0 Å². The molecular formula is C10H9BrClN3OS. The second-order valence-corrected chi connectivity index (χ2v) is 6.18. The number of hydrogen-bond donors (Lipinski definition) is 1. The molecule has 0 fully saturated rings. The van der Waals surface area contributed by atoms with Crippen molar-refractivity contribution in [2.24, 2.45) is 0 Å². The number of rotatable bonds is 3. The fraction of sp³-hybridized carbons (Fsp3) is 0.200. The SMILES string of the molecule is CN(Cc1csc(Br)c1)c1cn[nH]c(=O)c1Cl. The third kappa shape index (κ3) is 2.88. The van der Waals surface area contributed by atoms with Crippen molar-refractivity contribution in [3.63, 3.8) is 0 Å². The molecule has 90 valence electrons. The van der Waals surface area contributed by atoms with E-state index in [1.165, 1.54) is 0 Å². The van der Waals surface area contributed by atoms with Gasteiger partial charge in [0.05, 0.1) is 15.7 Å². The number of halogens is 2. The fourth-order valence-electron chi connectivity index (χ4n) is 1.43. The van der Waals surface area contributed by atoms with Gasteiger partial charge in [0.25, 0.3) is 5.56 Å². The maximum absolute atomic E-state index is 11.3. The molecule has 0 aliphatic heterocycles. The van der Waals surface area contributed by atoms with Crippen molar-refractivity contribution in [3.05, 3.63) is 42.4 Å². The highest BCUT2D eigenvalue weighted by Crippen LogP contribution is 2.25. The third-order valence-corrected chi connectivity index (χ3v) is 4.15. The van der Waals surface area contributed by atoms with E-state index in [1.807, 2.05) is 18.0 Å². The van der Waals surface area contributed by atoms with Gasteiger partial charge in [-0.1, -0.05) is 11.6 Å². The van der Waals surface area contributed by atoms with Gasteiger partial charge >= 0.3 is 0 Å². The van der Waals surface area contributed by atoms with Gasteiger partial charge in [-0.05, 0) is 32.9 Å². The molecule has 2 rings (SSSR count). The number of nitrogens with one attached hydrogen (secondary N) is 1. The standard InChI is InChI=1S/C10H9BrClN3OS/c1-15(4-6-2-8(11)17-5-6)7-3-13-14-10(16)9(7)12/h2-3,5H,4H2,1H3,(H,14,16).